The van der Waals surface area contributed by atoms with Crippen LogP contribution in [0.25, 0.3) is 0 Å². The second-order valence-electron chi connectivity index (χ2n) is 6.36. The summed E-state index contributed by atoms with van der Waals surface area (Å²) in [4.78, 5) is 17.0. The molecule has 120 valence electrons. The lowest BCUT2D eigenvalue weighted by molar-refractivity contribution is 0.0628. The molecule has 1 fully saturated rings. The van der Waals surface area contributed by atoms with Gasteiger partial charge in [-0.15, -0.1) is 0 Å². The van der Waals surface area contributed by atoms with Crippen LogP contribution >= 0.6 is 0 Å². The van der Waals surface area contributed by atoms with Crippen LogP contribution in [0.5, 0.6) is 0 Å². The summed E-state index contributed by atoms with van der Waals surface area (Å²) in [5.41, 5.74) is 4.66. The Labute approximate surface area is 138 Å². The van der Waals surface area contributed by atoms with E-state index in [1.807, 2.05) is 36.1 Å². The fourth-order valence-corrected chi connectivity index (χ4v) is 3.10. The zero-order valence-electron chi connectivity index (χ0n) is 14.0. The molecular weight excluding hydrogens is 284 g/mol. The number of piperazine rings is 1. The minimum atomic E-state index is 0.157. The first-order valence-electron chi connectivity index (χ1n) is 8.26. The highest BCUT2D eigenvalue weighted by atomic mass is 16.2. The lowest BCUT2D eigenvalue weighted by Gasteiger charge is -2.35. The zero-order valence-corrected chi connectivity index (χ0v) is 14.0. The van der Waals surface area contributed by atoms with Crippen molar-refractivity contribution in [2.24, 2.45) is 0 Å². The maximum atomic E-state index is 12.6. The van der Waals surface area contributed by atoms with Crippen LogP contribution in [-0.4, -0.2) is 41.9 Å². The third kappa shape index (κ3) is 3.80. The van der Waals surface area contributed by atoms with Crippen molar-refractivity contribution in [3.8, 4) is 0 Å². The molecule has 3 rings (SSSR count). The van der Waals surface area contributed by atoms with E-state index in [-0.39, 0.29) is 5.91 Å². The van der Waals surface area contributed by atoms with Gasteiger partial charge >= 0.3 is 0 Å². The van der Waals surface area contributed by atoms with Gasteiger partial charge in [0.25, 0.3) is 5.91 Å². The summed E-state index contributed by atoms with van der Waals surface area (Å²) in [6.07, 6.45) is 0. The Balaban J connectivity index is 1.58. The van der Waals surface area contributed by atoms with Gasteiger partial charge in [-0.05, 0) is 37.1 Å². The first-order valence-corrected chi connectivity index (χ1v) is 8.26. The van der Waals surface area contributed by atoms with E-state index < -0.39 is 0 Å². The lowest BCUT2D eigenvalue weighted by Crippen LogP contribution is -2.48. The van der Waals surface area contributed by atoms with E-state index in [4.69, 9.17) is 0 Å². The number of carbonyl (C=O) groups is 1. The van der Waals surface area contributed by atoms with Crippen LogP contribution in [0, 0.1) is 13.8 Å². The fraction of sp³-hybridized carbons (Fsp3) is 0.350. The van der Waals surface area contributed by atoms with Crippen LogP contribution in [0.3, 0.4) is 0 Å². The summed E-state index contributed by atoms with van der Waals surface area (Å²) < 4.78 is 0. The SMILES string of the molecule is Cc1cccc(C(=O)N2CCN(Cc3ccccc3C)CC2)c1. The number of hydrogen-bond donors (Lipinski definition) is 0. The average molecular weight is 308 g/mol. The van der Waals surface area contributed by atoms with E-state index in [0.29, 0.717) is 0 Å². The van der Waals surface area contributed by atoms with E-state index in [1.165, 1.54) is 11.1 Å². The molecule has 1 saturated heterocycles. The summed E-state index contributed by atoms with van der Waals surface area (Å²) in [6, 6.07) is 16.4. The van der Waals surface area contributed by atoms with E-state index in [1.54, 1.807) is 0 Å². The van der Waals surface area contributed by atoms with E-state index in [2.05, 4.69) is 36.1 Å². The summed E-state index contributed by atoms with van der Waals surface area (Å²) in [6.45, 7) is 8.64. The molecule has 1 heterocycles. The normalized spacial score (nSPS) is 15.7. The van der Waals surface area contributed by atoms with Crippen molar-refractivity contribution in [1.29, 1.82) is 0 Å². The summed E-state index contributed by atoms with van der Waals surface area (Å²) in [7, 11) is 0. The molecule has 0 saturated carbocycles. The van der Waals surface area contributed by atoms with Crippen LogP contribution in [0.4, 0.5) is 0 Å². The molecular formula is C20H24N2O. The van der Waals surface area contributed by atoms with Gasteiger partial charge in [0, 0.05) is 38.3 Å². The summed E-state index contributed by atoms with van der Waals surface area (Å²) in [5, 5.41) is 0. The molecule has 0 aliphatic carbocycles. The van der Waals surface area contributed by atoms with Crippen molar-refractivity contribution < 1.29 is 4.79 Å². The molecule has 0 aromatic heterocycles. The molecule has 1 aliphatic rings. The first-order chi connectivity index (χ1) is 11.1. The minimum absolute atomic E-state index is 0.157. The van der Waals surface area contributed by atoms with Crippen LogP contribution in [0.2, 0.25) is 0 Å². The number of rotatable bonds is 3. The van der Waals surface area contributed by atoms with E-state index in [0.717, 1.165) is 43.9 Å². The molecule has 1 amide bonds. The Bertz CT molecular complexity index is 688. The molecule has 0 unspecified atom stereocenters. The number of carbonyl (C=O) groups excluding carboxylic acids is 1. The standard InChI is InChI=1S/C20H24N2O/c1-16-6-5-9-18(14-16)20(23)22-12-10-21(11-13-22)15-19-8-4-3-7-17(19)2/h3-9,14H,10-13,15H2,1-2H3. The smallest absolute Gasteiger partial charge is 0.253 e. The van der Waals surface area contributed by atoms with Gasteiger partial charge in [-0.2, -0.15) is 0 Å². The number of hydrogen-bond acceptors (Lipinski definition) is 2. The quantitative estimate of drug-likeness (QED) is 0.869. The van der Waals surface area contributed by atoms with Gasteiger partial charge in [0.1, 0.15) is 0 Å². The summed E-state index contributed by atoms with van der Waals surface area (Å²) >= 11 is 0. The third-order valence-electron chi connectivity index (χ3n) is 4.58. The molecule has 23 heavy (non-hydrogen) atoms. The topological polar surface area (TPSA) is 23.6 Å². The van der Waals surface area contributed by atoms with Gasteiger partial charge in [0.15, 0.2) is 0 Å². The van der Waals surface area contributed by atoms with Crippen molar-refractivity contribution in [2.45, 2.75) is 20.4 Å². The van der Waals surface area contributed by atoms with Crippen LogP contribution in [0.1, 0.15) is 27.0 Å². The molecule has 2 aromatic rings. The molecule has 3 heteroatoms. The Morgan fingerprint density at radius 1 is 0.957 bits per heavy atom. The predicted molar refractivity (Wildman–Crippen MR) is 93.5 cm³/mol. The molecule has 0 bridgehead atoms. The average Bonchev–Trinajstić information content (AvgIpc) is 2.57. The van der Waals surface area contributed by atoms with Crippen molar-refractivity contribution in [2.75, 3.05) is 26.2 Å². The van der Waals surface area contributed by atoms with Crippen molar-refractivity contribution in [3.05, 3.63) is 70.8 Å². The highest BCUT2D eigenvalue weighted by Gasteiger charge is 2.22. The molecule has 0 N–H and O–H groups in total. The largest absolute Gasteiger partial charge is 0.336 e. The molecule has 1 aliphatic heterocycles. The molecule has 2 aromatic carbocycles. The van der Waals surface area contributed by atoms with Gasteiger partial charge in [0.05, 0.1) is 0 Å². The highest BCUT2D eigenvalue weighted by Crippen LogP contribution is 2.14. The Morgan fingerprint density at radius 3 is 2.39 bits per heavy atom. The van der Waals surface area contributed by atoms with Gasteiger partial charge in [-0.1, -0.05) is 42.0 Å². The van der Waals surface area contributed by atoms with Crippen LogP contribution in [0.15, 0.2) is 48.5 Å². The Morgan fingerprint density at radius 2 is 1.70 bits per heavy atom. The van der Waals surface area contributed by atoms with Crippen LogP contribution in [-0.2, 0) is 6.54 Å². The molecule has 0 spiro atoms. The fourth-order valence-electron chi connectivity index (χ4n) is 3.10. The number of aryl methyl sites for hydroxylation is 2. The highest BCUT2D eigenvalue weighted by molar-refractivity contribution is 5.94. The zero-order chi connectivity index (χ0) is 16.2. The number of nitrogens with zero attached hydrogens (tertiary/aromatic N) is 2. The van der Waals surface area contributed by atoms with Gasteiger partial charge in [0.2, 0.25) is 0 Å². The number of benzene rings is 2. The Hall–Kier alpha value is -2.13. The Kier molecular flexibility index (Phi) is 4.77. The third-order valence-corrected chi connectivity index (χ3v) is 4.58. The molecule has 3 nitrogen and oxygen atoms in total. The van der Waals surface area contributed by atoms with E-state index in [9.17, 15) is 4.79 Å². The maximum Gasteiger partial charge on any atom is 0.253 e. The lowest BCUT2D eigenvalue weighted by atomic mass is 10.1. The minimum Gasteiger partial charge on any atom is -0.336 e. The predicted octanol–water partition coefficient (Wildman–Crippen LogP) is 3.26. The van der Waals surface area contributed by atoms with Crippen LogP contribution < -0.4 is 0 Å². The first kappa shape index (κ1) is 15.8. The summed E-state index contributed by atoms with van der Waals surface area (Å²) in [5.74, 6) is 0.157. The molecule has 0 atom stereocenters. The van der Waals surface area contributed by atoms with Crippen molar-refractivity contribution in [3.63, 3.8) is 0 Å². The van der Waals surface area contributed by atoms with Gasteiger partial charge < -0.3 is 4.90 Å². The van der Waals surface area contributed by atoms with Gasteiger partial charge in [-0.25, -0.2) is 0 Å². The van der Waals surface area contributed by atoms with Gasteiger partial charge in [-0.3, -0.25) is 9.69 Å². The van der Waals surface area contributed by atoms with E-state index >= 15 is 0 Å². The number of amides is 1. The second-order valence-corrected chi connectivity index (χ2v) is 6.36. The van der Waals surface area contributed by atoms with Crippen molar-refractivity contribution in [1.82, 2.24) is 9.80 Å². The molecule has 0 radical (unpaired) electrons. The maximum absolute atomic E-state index is 12.6. The second kappa shape index (κ2) is 6.97. The monoisotopic (exact) mass is 308 g/mol. The van der Waals surface area contributed by atoms with Crippen molar-refractivity contribution >= 4 is 5.91 Å².